The smallest absolute Gasteiger partial charge is 0.246 e. The summed E-state index contributed by atoms with van der Waals surface area (Å²) in [5, 5.41) is 5.35. The van der Waals surface area contributed by atoms with Crippen molar-refractivity contribution in [2.75, 3.05) is 44.7 Å². The summed E-state index contributed by atoms with van der Waals surface area (Å²) in [6.07, 6.45) is 5.98. The van der Waals surface area contributed by atoms with Crippen molar-refractivity contribution in [3.63, 3.8) is 0 Å². The lowest BCUT2D eigenvalue weighted by Crippen LogP contribution is -2.37. The first-order valence-corrected chi connectivity index (χ1v) is 12.4. The molecule has 0 aliphatic carbocycles. The number of carbonyl (C=O) groups excluding carboxylic acids is 1. The fourth-order valence-corrected chi connectivity index (χ4v) is 5.61. The lowest BCUT2D eigenvalue weighted by molar-refractivity contribution is -0.126. The number of amides is 1. The lowest BCUT2D eigenvalue weighted by Gasteiger charge is -2.27. The van der Waals surface area contributed by atoms with E-state index in [0.717, 1.165) is 65.9 Å². The highest BCUT2D eigenvalue weighted by Crippen LogP contribution is 2.38. The fraction of sp³-hybridized carbons (Fsp3) is 0.348. The highest BCUT2D eigenvalue weighted by atomic mass is 35.5. The van der Waals surface area contributed by atoms with Crippen LogP contribution in [-0.2, 0) is 22.5 Å². The second kappa shape index (κ2) is 9.95. The molecule has 0 saturated carbocycles. The number of nitrogens with zero attached hydrogens (tertiary/aromatic N) is 4. The van der Waals surface area contributed by atoms with Gasteiger partial charge in [0, 0.05) is 42.8 Å². The van der Waals surface area contributed by atoms with Crippen molar-refractivity contribution < 1.29 is 9.53 Å². The number of morpholine rings is 1. The maximum absolute atomic E-state index is 12.8. The molecule has 0 unspecified atom stereocenters. The third-order valence-electron chi connectivity index (χ3n) is 5.86. The lowest BCUT2D eigenvalue weighted by atomic mass is 10.0. The summed E-state index contributed by atoms with van der Waals surface area (Å²) in [7, 11) is 0. The molecule has 1 saturated heterocycles. The maximum Gasteiger partial charge on any atom is 0.246 e. The number of nitrogens with one attached hydrogen (secondary N) is 1. The molecule has 4 heterocycles. The molecule has 2 aromatic heterocycles. The molecule has 33 heavy (non-hydrogen) atoms. The van der Waals surface area contributed by atoms with Crippen LogP contribution in [0.15, 0.2) is 36.7 Å². The molecular formula is C23H23Cl2N5O2S. The number of anilines is 2. The van der Waals surface area contributed by atoms with Crippen LogP contribution in [0.25, 0.3) is 10.2 Å². The average Bonchev–Trinajstić information content (AvgIpc) is 3.21. The van der Waals surface area contributed by atoms with Gasteiger partial charge in [-0.3, -0.25) is 9.69 Å². The first kappa shape index (κ1) is 22.6. The van der Waals surface area contributed by atoms with E-state index in [-0.39, 0.29) is 5.91 Å². The van der Waals surface area contributed by atoms with E-state index in [9.17, 15) is 4.79 Å². The number of aromatic nitrogens is 2. The monoisotopic (exact) mass is 503 g/mol. The zero-order valence-electron chi connectivity index (χ0n) is 17.9. The van der Waals surface area contributed by atoms with Crippen molar-refractivity contribution in [1.82, 2.24) is 19.8 Å². The van der Waals surface area contributed by atoms with Crippen LogP contribution in [0.4, 0.5) is 11.5 Å². The molecule has 2 aliphatic rings. The number of hydrogen-bond donors (Lipinski definition) is 1. The Morgan fingerprint density at radius 2 is 2.03 bits per heavy atom. The van der Waals surface area contributed by atoms with E-state index in [2.05, 4.69) is 20.2 Å². The number of fused-ring (bicyclic) bond motifs is 3. The third-order valence-corrected chi connectivity index (χ3v) is 7.72. The van der Waals surface area contributed by atoms with Gasteiger partial charge in [-0.05, 0) is 30.2 Å². The first-order chi connectivity index (χ1) is 16.1. The zero-order chi connectivity index (χ0) is 22.8. The van der Waals surface area contributed by atoms with E-state index in [4.69, 9.17) is 27.9 Å². The summed E-state index contributed by atoms with van der Waals surface area (Å²) >= 11 is 13.8. The number of thiophene rings is 1. The molecule has 10 heteroatoms. The second-order valence-electron chi connectivity index (χ2n) is 7.99. The Morgan fingerprint density at radius 1 is 1.18 bits per heavy atom. The van der Waals surface area contributed by atoms with Crippen LogP contribution in [0.2, 0.25) is 10.0 Å². The Labute approximate surface area is 206 Å². The molecule has 5 rings (SSSR count). The molecule has 2 aliphatic heterocycles. The summed E-state index contributed by atoms with van der Waals surface area (Å²) in [4.78, 5) is 28.0. The number of carbonyl (C=O) groups is 1. The number of ether oxygens (including phenoxy) is 1. The molecule has 7 nitrogen and oxygen atoms in total. The predicted octanol–water partition coefficient (Wildman–Crippen LogP) is 4.51. The van der Waals surface area contributed by atoms with E-state index in [1.165, 1.54) is 5.56 Å². The van der Waals surface area contributed by atoms with Crippen molar-refractivity contribution in [2.45, 2.75) is 13.0 Å². The van der Waals surface area contributed by atoms with E-state index in [0.29, 0.717) is 23.1 Å². The summed E-state index contributed by atoms with van der Waals surface area (Å²) in [5.41, 5.74) is 2.02. The molecule has 3 aromatic rings. The van der Waals surface area contributed by atoms with Gasteiger partial charge in [-0.1, -0.05) is 29.3 Å². The van der Waals surface area contributed by atoms with Crippen LogP contribution in [0.1, 0.15) is 10.4 Å². The van der Waals surface area contributed by atoms with Gasteiger partial charge in [-0.25, -0.2) is 9.97 Å². The number of halogens is 2. The minimum atomic E-state index is 0.0478. The summed E-state index contributed by atoms with van der Waals surface area (Å²) in [6.45, 7) is 5.36. The van der Waals surface area contributed by atoms with Gasteiger partial charge in [0.15, 0.2) is 0 Å². The largest absolute Gasteiger partial charge is 0.379 e. The Hall–Kier alpha value is -2.23. The molecule has 0 radical (unpaired) electrons. The molecule has 0 spiro atoms. The standard InChI is InChI=1S/C23H23Cl2N5O2S/c24-17-4-3-15(12-18(17)25)28-22-21-16-5-7-30(13-19(16)33-23(21)27-14-26-22)20(31)2-1-6-29-8-10-32-11-9-29/h1-4,12,14H,5-11,13H2,(H,26,27,28). The van der Waals surface area contributed by atoms with Crippen molar-refractivity contribution in [3.05, 3.63) is 57.2 Å². The topological polar surface area (TPSA) is 70.6 Å². The Bertz CT molecular complexity index is 1210. The highest BCUT2D eigenvalue weighted by Gasteiger charge is 2.25. The van der Waals surface area contributed by atoms with Crippen LogP contribution >= 0.6 is 34.5 Å². The summed E-state index contributed by atoms with van der Waals surface area (Å²) < 4.78 is 5.37. The molecule has 0 atom stereocenters. The molecule has 172 valence electrons. The third kappa shape index (κ3) is 5.00. The van der Waals surface area contributed by atoms with Gasteiger partial charge in [0.1, 0.15) is 17.0 Å². The number of hydrogen-bond acceptors (Lipinski definition) is 7. The minimum Gasteiger partial charge on any atom is -0.379 e. The normalized spacial score (nSPS) is 17.0. The average molecular weight is 504 g/mol. The molecule has 0 bridgehead atoms. The Balaban J connectivity index is 1.31. The van der Waals surface area contributed by atoms with Crippen LogP contribution in [0.3, 0.4) is 0 Å². The van der Waals surface area contributed by atoms with Gasteiger partial charge in [-0.2, -0.15) is 0 Å². The van der Waals surface area contributed by atoms with E-state index in [1.807, 2.05) is 17.0 Å². The zero-order valence-corrected chi connectivity index (χ0v) is 20.2. The molecule has 1 N–H and O–H groups in total. The Morgan fingerprint density at radius 3 is 2.85 bits per heavy atom. The molecule has 1 amide bonds. The Kier molecular flexibility index (Phi) is 6.80. The number of benzene rings is 1. The minimum absolute atomic E-state index is 0.0478. The molecule has 1 fully saturated rings. The van der Waals surface area contributed by atoms with Gasteiger partial charge < -0.3 is 15.0 Å². The summed E-state index contributed by atoms with van der Waals surface area (Å²) in [5.74, 6) is 0.785. The highest BCUT2D eigenvalue weighted by molar-refractivity contribution is 7.19. The van der Waals surface area contributed by atoms with Crippen molar-refractivity contribution in [2.24, 2.45) is 0 Å². The van der Waals surface area contributed by atoms with E-state index < -0.39 is 0 Å². The van der Waals surface area contributed by atoms with Gasteiger partial charge in [0.25, 0.3) is 0 Å². The van der Waals surface area contributed by atoms with Crippen LogP contribution in [0, 0.1) is 0 Å². The first-order valence-electron chi connectivity index (χ1n) is 10.8. The van der Waals surface area contributed by atoms with Gasteiger partial charge in [0.2, 0.25) is 5.91 Å². The van der Waals surface area contributed by atoms with E-state index >= 15 is 0 Å². The van der Waals surface area contributed by atoms with Gasteiger partial charge >= 0.3 is 0 Å². The van der Waals surface area contributed by atoms with Gasteiger partial charge in [-0.15, -0.1) is 11.3 Å². The SMILES string of the molecule is O=C(C=CCN1CCOCC1)N1CCc2c(sc3ncnc(Nc4ccc(Cl)c(Cl)c4)c23)C1. The quantitative estimate of drug-likeness (QED) is 0.516. The second-order valence-corrected chi connectivity index (χ2v) is 9.88. The van der Waals surface area contributed by atoms with E-state index in [1.54, 1.807) is 35.9 Å². The van der Waals surface area contributed by atoms with Crippen LogP contribution in [-0.4, -0.2) is 65.1 Å². The van der Waals surface area contributed by atoms with Crippen molar-refractivity contribution in [3.8, 4) is 0 Å². The van der Waals surface area contributed by atoms with Crippen molar-refractivity contribution >= 4 is 62.2 Å². The number of rotatable bonds is 5. The predicted molar refractivity (Wildman–Crippen MR) is 133 cm³/mol. The molecular weight excluding hydrogens is 481 g/mol. The van der Waals surface area contributed by atoms with Crippen LogP contribution in [0.5, 0.6) is 0 Å². The maximum atomic E-state index is 12.8. The fourth-order valence-electron chi connectivity index (χ4n) is 4.11. The molecule has 1 aromatic carbocycles. The van der Waals surface area contributed by atoms with Crippen LogP contribution < -0.4 is 5.32 Å². The summed E-state index contributed by atoms with van der Waals surface area (Å²) in [6, 6.07) is 5.40. The van der Waals surface area contributed by atoms with Gasteiger partial charge in [0.05, 0.1) is 35.2 Å². The van der Waals surface area contributed by atoms with Crippen molar-refractivity contribution in [1.29, 1.82) is 0 Å².